The van der Waals surface area contributed by atoms with E-state index in [1.807, 2.05) is 49.3 Å². The monoisotopic (exact) mass is 394 g/mol. The minimum atomic E-state index is -0.177. The number of hydrogen-bond donors (Lipinski definition) is 1. The predicted octanol–water partition coefficient (Wildman–Crippen LogP) is 1.29. The van der Waals surface area contributed by atoms with Crippen molar-refractivity contribution in [3.63, 3.8) is 0 Å². The number of amides is 1. The SMILES string of the molecule is CN(C)CCn1nc2n(c1=O)CCC(NC(=O)c1ccc3ccccc3n1)CC2. The summed E-state index contributed by atoms with van der Waals surface area (Å²) in [5, 5.41) is 8.59. The summed E-state index contributed by atoms with van der Waals surface area (Å²) in [6.07, 6.45) is 2.12. The van der Waals surface area contributed by atoms with E-state index in [4.69, 9.17) is 0 Å². The second-order valence-corrected chi connectivity index (χ2v) is 7.76. The zero-order valence-corrected chi connectivity index (χ0v) is 16.8. The molecule has 0 saturated heterocycles. The Bertz CT molecular complexity index is 1080. The molecule has 1 atom stereocenters. The van der Waals surface area contributed by atoms with E-state index in [0.29, 0.717) is 31.6 Å². The van der Waals surface area contributed by atoms with Gasteiger partial charge in [0.25, 0.3) is 5.91 Å². The maximum atomic E-state index is 12.7. The number of aryl methyl sites for hydroxylation is 1. The largest absolute Gasteiger partial charge is 0.348 e. The van der Waals surface area contributed by atoms with Gasteiger partial charge < -0.3 is 10.2 Å². The van der Waals surface area contributed by atoms with Gasteiger partial charge in [-0.1, -0.05) is 24.3 Å². The number of fused-ring (bicyclic) bond motifs is 2. The third-order valence-corrected chi connectivity index (χ3v) is 5.34. The molecule has 152 valence electrons. The molecule has 8 nitrogen and oxygen atoms in total. The van der Waals surface area contributed by atoms with Gasteiger partial charge in [0.1, 0.15) is 11.5 Å². The van der Waals surface area contributed by atoms with E-state index in [9.17, 15) is 9.59 Å². The van der Waals surface area contributed by atoms with Gasteiger partial charge in [0, 0.05) is 30.9 Å². The highest BCUT2D eigenvalue weighted by atomic mass is 16.2. The molecule has 3 aromatic rings. The van der Waals surface area contributed by atoms with E-state index in [-0.39, 0.29) is 17.6 Å². The summed E-state index contributed by atoms with van der Waals surface area (Å²) in [4.78, 5) is 31.8. The summed E-state index contributed by atoms with van der Waals surface area (Å²) in [7, 11) is 3.95. The first kappa shape index (κ1) is 19.3. The second-order valence-electron chi connectivity index (χ2n) is 7.76. The first-order chi connectivity index (χ1) is 14.0. The van der Waals surface area contributed by atoms with Crippen molar-refractivity contribution in [3.05, 3.63) is 58.4 Å². The normalized spacial score (nSPS) is 16.6. The molecule has 0 spiro atoms. The third-order valence-electron chi connectivity index (χ3n) is 5.34. The van der Waals surface area contributed by atoms with Gasteiger partial charge in [-0.3, -0.25) is 9.36 Å². The van der Waals surface area contributed by atoms with Crippen LogP contribution in [-0.2, 0) is 19.5 Å². The molecule has 1 aliphatic rings. The average molecular weight is 394 g/mol. The summed E-state index contributed by atoms with van der Waals surface area (Å²) in [6.45, 7) is 1.92. The minimum Gasteiger partial charge on any atom is -0.348 e. The number of nitrogens with zero attached hydrogens (tertiary/aromatic N) is 5. The number of likely N-dealkylation sites (N-methyl/N-ethyl adjacent to an activating group) is 1. The number of carbonyl (C=O) groups excluding carboxylic acids is 1. The summed E-state index contributed by atoms with van der Waals surface area (Å²) >= 11 is 0. The standard InChI is InChI=1S/C21H26N6O2/c1-25(2)13-14-27-21(29)26-12-11-16(8-10-19(26)24-27)22-20(28)18-9-7-15-5-3-4-6-17(15)23-18/h3-7,9,16H,8,10-14H2,1-2H3,(H,22,28). The van der Waals surface area contributed by atoms with Crippen LogP contribution in [0.4, 0.5) is 0 Å². The zero-order valence-electron chi connectivity index (χ0n) is 16.8. The molecular weight excluding hydrogens is 368 g/mol. The maximum absolute atomic E-state index is 12.7. The van der Waals surface area contributed by atoms with Gasteiger partial charge in [0.2, 0.25) is 0 Å². The summed E-state index contributed by atoms with van der Waals surface area (Å²) < 4.78 is 3.29. The van der Waals surface area contributed by atoms with Crippen molar-refractivity contribution < 1.29 is 4.79 Å². The van der Waals surface area contributed by atoms with E-state index in [1.165, 1.54) is 0 Å². The molecule has 0 bridgehead atoms. The van der Waals surface area contributed by atoms with Gasteiger partial charge in [-0.05, 0) is 39.1 Å². The summed E-state index contributed by atoms with van der Waals surface area (Å²) in [6, 6.07) is 11.4. The Kier molecular flexibility index (Phi) is 5.44. The van der Waals surface area contributed by atoms with Crippen LogP contribution in [0.15, 0.2) is 41.2 Å². The van der Waals surface area contributed by atoms with E-state index < -0.39 is 0 Å². The lowest BCUT2D eigenvalue weighted by Gasteiger charge is -2.16. The fourth-order valence-electron chi connectivity index (χ4n) is 3.66. The van der Waals surface area contributed by atoms with Crippen LogP contribution in [0.25, 0.3) is 10.9 Å². The van der Waals surface area contributed by atoms with E-state index in [2.05, 4.69) is 15.4 Å². The third kappa shape index (κ3) is 4.22. The van der Waals surface area contributed by atoms with Crippen molar-refractivity contribution in [3.8, 4) is 0 Å². The maximum Gasteiger partial charge on any atom is 0.345 e. The van der Waals surface area contributed by atoms with Gasteiger partial charge in [0.15, 0.2) is 0 Å². The molecule has 29 heavy (non-hydrogen) atoms. The lowest BCUT2D eigenvalue weighted by Crippen LogP contribution is -2.36. The highest BCUT2D eigenvalue weighted by Crippen LogP contribution is 2.14. The number of nitrogens with one attached hydrogen (secondary N) is 1. The van der Waals surface area contributed by atoms with Crippen LogP contribution in [-0.4, -0.2) is 56.8 Å². The van der Waals surface area contributed by atoms with Crippen LogP contribution >= 0.6 is 0 Å². The molecule has 0 radical (unpaired) electrons. The molecule has 1 unspecified atom stereocenters. The van der Waals surface area contributed by atoms with E-state index in [0.717, 1.165) is 29.7 Å². The van der Waals surface area contributed by atoms with Gasteiger partial charge in [-0.25, -0.2) is 14.5 Å². The average Bonchev–Trinajstić information content (AvgIpc) is 2.88. The Morgan fingerprint density at radius 1 is 1.21 bits per heavy atom. The zero-order chi connectivity index (χ0) is 20.4. The van der Waals surface area contributed by atoms with Gasteiger partial charge in [-0.15, -0.1) is 0 Å². The lowest BCUT2D eigenvalue weighted by atomic mass is 10.1. The molecule has 0 saturated carbocycles. The molecule has 1 aliphatic heterocycles. The summed E-state index contributed by atoms with van der Waals surface area (Å²) in [5.41, 5.74) is 1.15. The van der Waals surface area contributed by atoms with Gasteiger partial charge >= 0.3 is 5.69 Å². The Morgan fingerprint density at radius 2 is 2.03 bits per heavy atom. The molecule has 4 rings (SSSR count). The van der Waals surface area contributed by atoms with Crippen molar-refractivity contribution in [2.45, 2.75) is 38.4 Å². The minimum absolute atomic E-state index is 0.00732. The molecule has 0 aliphatic carbocycles. The molecule has 1 aromatic carbocycles. The number of pyridine rings is 1. The molecular formula is C21H26N6O2. The number of carbonyl (C=O) groups is 1. The van der Waals surface area contributed by atoms with Crippen molar-refractivity contribution in [1.29, 1.82) is 0 Å². The lowest BCUT2D eigenvalue weighted by molar-refractivity contribution is 0.0928. The number of aromatic nitrogens is 4. The fourth-order valence-corrected chi connectivity index (χ4v) is 3.66. The predicted molar refractivity (Wildman–Crippen MR) is 111 cm³/mol. The number of para-hydroxylation sites is 1. The number of rotatable bonds is 5. The van der Waals surface area contributed by atoms with Gasteiger partial charge in [0.05, 0.1) is 12.1 Å². The first-order valence-corrected chi connectivity index (χ1v) is 9.99. The summed E-state index contributed by atoms with van der Waals surface area (Å²) in [5.74, 6) is 0.623. The van der Waals surface area contributed by atoms with E-state index >= 15 is 0 Å². The smallest absolute Gasteiger partial charge is 0.345 e. The first-order valence-electron chi connectivity index (χ1n) is 9.99. The molecule has 2 aromatic heterocycles. The fraction of sp³-hybridized carbons (Fsp3) is 0.429. The molecule has 1 N–H and O–H groups in total. The Morgan fingerprint density at radius 3 is 2.86 bits per heavy atom. The molecule has 0 fully saturated rings. The van der Waals surface area contributed by atoms with Gasteiger partial charge in [-0.2, -0.15) is 5.10 Å². The van der Waals surface area contributed by atoms with Crippen LogP contribution in [0.1, 0.15) is 29.2 Å². The molecule has 1 amide bonds. The highest BCUT2D eigenvalue weighted by molar-refractivity contribution is 5.95. The van der Waals surface area contributed by atoms with Crippen molar-refractivity contribution in [2.24, 2.45) is 0 Å². The topological polar surface area (TPSA) is 85.0 Å². The second kappa shape index (κ2) is 8.16. The number of hydrogen-bond acceptors (Lipinski definition) is 5. The Hall–Kier alpha value is -3.00. The highest BCUT2D eigenvalue weighted by Gasteiger charge is 2.22. The van der Waals surface area contributed by atoms with Crippen molar-refractivity contribution in [1.82, 2.24) is 29.5 Å². The van der Waals surface area contributed by atoms with Crippen LogP contribution in [0.3, 0.4) is 0 Å². The number of benzene rings is 1. The molecule has 8 heteroatoms. The Labute approximate surface area is 169 Å². The van der Waals surface area contributed by atoms with Crippen molar-refractivity contribution >= 4 is 16.8 Å². The van der Waals surface area contributed by atoms with Crippen molar-refractivity contribution in [2.75, 3.05) is 20.6 Å². The van der Waals surface area contributed by atoms with E-state index in [1.54, 1.807) is 15.3 Å². The quantitative estimate of drug-likeness (QED) is 0.705. The Balaban J connectivity index is 1.42. The van der Waals surface area contributed by atoms with Crippen LogP contribution in [0.2, 0.25) is 0 Å². The molecule has 3 heterocycles. The van der Waals surface area contributed by atoms with Crippen LogP contribution in [0.5, 0.6) is 0 Å². The van der Waals surface area contributed by atoms with Crippen LogP contribution in [0, 0.1) is 0 Å². The van der Waals surface area contributed by atoms with Crippen LogP contribution < -0.4 is 11.0 Å².